The SMILES string of the molecule is Cc1cccc(-c2nnc(CSc3nnc(C)n3N)o2)c1. The van der Waals surface area contributed by atoms with Gasteiger partial charge in [-0.2, -0.15) is 0 Å². The van der Waals surface area contributed by atoms with Crippen LogP contribution in [0.3, 0.4) is 0 Å². The van der Waals surface area contributed by atoms with Gasteiger partial charge in [0.15, 0.2) is 0 Å². The minimum absolute atomic E-state index is 0.494. The molecule has 0 atom stereocenters. The molecule has 0 radical (unpaired) electrons. The lowest BCUT2D eigenvalue weighted by atomic mass is 10.1. The summed E-state index contributed by atoms with van der Waals surface area (Å²) in [6.07, 6.45) is 0. The van der Waals surface area contributed by atoms with E-state index in [0.29, 0.717) is 28.5 Å². The number of aromatic nitrogens is 5. The third-order valence-electron chi connectivity index (χ3n) is 2.89. The highest BCUT2D eigenvalue weighted by atomic mass is 32.2. The van der Waals surface area contributed by atoms with Crippen LogP contribution in [0.25, 0.3) is 11.5 Å². The van der Waals surface area contributed by atoms with E-state index in [2.05, 4.69) is 20.4 Å². The molecule has 0 aliphatic rings. The first-order valence-electron chi connectivity index (χ1n) is 6.33. The van der Waals surface area contributed by atoms with E-state index in [-0.39, 0.29) is 0 Å². The molecule has 2 N–H and O–H groups in total. The van der Waals surface area contributed by atoms with Crippen LogP contribution in [0.4, 0.5) is 0 Å². The number of aryl methyl sites for hydroxylation is 2. The van der Waals surface area contributed by atoms with Crippen molar-refractivity contribution in [3.05, 3.63) is 41.5 Å². The van der Waals surface area contributed by atoms with Crippen molar-refractivity contribution >= 4 is 11.8 Å². The molecule has 0 saturated carbocycles. The standard InChI is InChI=1S/C13H14N6OS/c1-8-4-3-5-10(6-8)12-17-16-11(20-12)7-21-13-18-15-9(2)19(13)14/h3-6H,7,14H2,1-2H3. The van der Waals surface area contributed by atoms with Gasteiger partial charge in [0, 0.05) is 5.56 Å². The highest BCUT2D eigenvalue weighted by Gasteiger charge is 2.12. The summed E-state index contributed by atoms with van der Waals surface area (Å²) in [6.45, 7) is 3.81. The molecule has 2 heterocycles. The quantitative estimate of drug-likeness (QED) is 0.581. The fourth-order valence-electron chi connectivity index (χ4n) is 1.78. The molecule has 3 aromatic rings. The first kappa shape index (κ1) is 13.6. The molecule has 3 rings (SSSR count). The molecule has 8 heteroatoms. The zero-order chi connectivity index (χ0) is 14.8. The maximum absolute atomic E-state index is 5.78. The van der Waals surface area contributed by atoms with E-state index in [1.807, 2.05) is 31.2 Å². The molecule has 108 valence electrons. The van der Waals surface area contributed by atoms with Crippen molar-refractivity contribution in [2.75, 3.05) is 5.84 Å². The lowest BCUT2D eigenvalue weighted by Crippen LogP contribution is -2.11. The summed E-state index contributed by atoms with van der Waals surface area (Å²) in [5, 5.41) is 16.6. The molecular weight excluding hydrogens is 288 g/mol. The second-order valence-corrected chi connectivity index (χ2v) is 5.50. The van der Waals surface area contributed by atoms with Crippen LogP contribution in [0.15, 0.2) is 33.8 Å². The summed E-state index contributed by atoms with van der Waals surface area (Å²) in [5.41, 5.74) is 2.06. The minimum atomic E-state index is 0.494. The Balaban J connectivity index is 1.72. The van der Waals surface area contributed by atoms with Crippen LogP contribution in [0.2, 0.25) is 0 Å². The number of hydrogen-bond donors (Lipinski definition) is 1. The Hall–Kier alpha value is -2.35. The topological polar surface area (TPSA) is 95.7 Å². The summed E-state index contributed by atoms with van der Waals surface area (Å²) >= 11 is 1.40. The van der Waals surface area contributed by atoms with Gasteiger partial charge in [-0.1, -0.05) is 29.5 Å². The predicted molar refractivity (Wildman–Crippen MR) is 78.9 cm³/mol. The van der Waals surface area contributed by atoms with E-state index in [9.17, 15) is 0 Å². The van der Waals surface area contributed by atoms with Crippen LogP contribution in [-0.4, -0.2) is 25.1 Å². The largest absolute Gasteiger partial charge is 0.420 e. The Kier molecular flexibility index (Phi) is 3.61. The maximum Gasteiger partial charge on any atom is 0.247 e. The highest BCUT2D eigenvalue weighted by Crippen LogP contribution is 2.23. The Morgan fingerprint density at radius 1 is 1.19 bits per heavy atom. The average molecular weight is 302 g/mol. The average Bonchev–Trinajstić information content (AvgIpc) is 3.06. The Morgan fingerprint density at radius 2 is 2.05 bits per heavy atom. The molecule has 0 aliphatic carbocycles. The smallest absolute Gasteiger partial charge is 0.247 e. The van der Waals surface area contributed by atoms with Crippen LogP contribution < -0.4 is 5.84 Å². The van der Waals surface area contributed by atoms with Crippen molar-refractivity contribution in [3.8, 4) is 11.5 Å². The normalized spacial score (nSPS) is 11.0. The third-order valence-corrected chi connectivity index (χ3v) is 3.82. The summed E-state index contributed by atoms with van der Waals surface area (Å²) in [4.78, 5) is 0. The summed E-state index contributed by atoms with van der Waals surface area (Å²) in [6, 6.07) is 7.93. The van der Waals surface area contributed by atoms with E-state index in [1.54, 1.807) is 6.92 Å². The summed E-state index contributed by atoms with van der Waals surface area (Å²) in [7, 11) is 0. The van der Waals surface area contributed by atoms with Crippen molar-refractivity contribution in [2.45, 2.75) is 24.8 Å². The van der Waals surface area contributed by atoms with Gasteiger partial charge < -0.3 is 10.3 Å². The fraction of sp³-hybridized carbons (Fsp3) is 0.231. The molecule has 2 aromatic heterocycles. The van der Waals surface area contributed by atoms with Crippen molar-refractivity contribution in [3.63, 3.8) is 0 Å². The van der Waals surface area contributed by atoms with Crippen molar-refractivity contribution in [1.29, 1.82) is 0 Å². The van der Waals surface area contributed by atoms with E-state index in [0.717, 1.165) is 11.1 Å². The van der Waals surface area contributed by atoms with E-state index < -0.39 is 0 Å². The Bertz CT molecular complexity index is 766. The molecule has 0 spiro atoms. The summed E-state index contributed by atoms with van der Waals surface area (Å²) in [5.74, 6) is 7.97. The lowest BCUT2D eigenvalue weighted by molar-refractivity contribution is 0.528. The predicted octanol–water partition coefficient (Wildman–Crippen LogP) is 1.95. The monoisotopic (exact) mass is 302 g/mol. The molecule has 7 nitrogen and oxygen atoms in total. The molecule has 0 amide bonds. The van der Waals surface area contributed by atoms with Gasteiger partial charge in [0.05, 0.1) is 5.75 Å². The highest BCUT2D eigenvalue weighted by molar-refractivity contribution is 7.98. The maximum atomic E-state index is 5.78. The van der Waals surface area contributed by atoms with Gasteiger partial charge in [-0.05, 0) is 26.0 Å². The molecule has 0 aliphatic heterocycles. The van der Waals surface area contributed by atoms with Gasteiger partial charge in [-0.15, -0.1) is 20.4 Å². The van der Waals surface area contributed by atoms with E-state index in [1.165, 1.54) is 16.4 Å². The minimum Gasteiger partial charge on any atom is -0.420 e. The molecule has 1 aromatic carbocycles. The van der Waals surface area contributed by atoms with Gasteiger partial charge >= 0.3 is 0 Å². The molecule has 0 bridgehead atoms. The number of nitrogens with two attached hydrogens (primary N) is 1. The van der Waals surface area contributed by atoms with Crippen molar-refractivity contribution < 1.29 is 4.42 Å². The lowest BCUT2D eigenvalue weighted by Gasteiger charge is -1.98. The van der Waals surface area contributed by atoms with Gasteiger partial charge in [0.2, 0.25) is 16.9 Å². The van der Waals surface area contributed by atoms with Gasteiger partial charge in [-0.3, -0.25) is 0 Å². The van der Waals surface area contributed by atoms with Crippen LogP contribution in [0, 0.1) is 13.8 Å². The first-order chi connectivity index (χ1) is 10.1. The fourth-order valence-corrected chi connectivity index (χ4v) is 2.52. The second kappa shape index (κ2) is 5.57. The van der Waals surface area contributed by atoms with E-state index in [4.69, 9.17) is 10.3 Å². The van der Waals surface area contributed by atoms with Crippen LogP contribution in [0.1, 0.15) is 17.3 Å². The third kappa shape index (κ3) is 2.89. The van der Waals surface area contributed by atoms with E-state index >= 15 is 0 Å². The van der Waals surface area contributed by atoms with Crippen LogP contribution in [0.5, 0.6) is 0 Å². The first-order valence-corrected chi connectivity index (χ1v) is 7.31. The molecule has 0 unspecified atom stereocenters. The number of rotatable bonds is 4. The number of hydrogen-bond acceptors (Lipinski definition) is 7. The molecule has 21 heavy (non-hydrogen) atoms. The number of nitrogens with zero attached hydrogens (tertiary/aromatic N) is 5. The van der Waals surface area contributed by atoms with Gasteiger partial charge in [0.25, 0.3) is 0 Å². The Morgan fingerprint density at radius 3 is 2.76 bits per heavy atom. The van der Waals surface area contributed by atoms with Crippen molar-refractivity contribution in [1.82, 2.24) is 25.1 Å². The molecule has 0 fully saturated rings. The van der Waals surface area contributed by atoms with Crippen LogP contribution >= 0.6 is 11.8 Å². The number of nitrogen functional groups attached to an aromatic ring is 1. The molecule has 0 saturated heterocycles. The van der Waals surface area contributed by atoms with Gasteiger partial charge in [-0.25, -0.2) is 4.68 Å². The zero-order valence-corrected chi connectivity index (χ0v) is 12.5. The summed E-state index contributed by atoms with van der Waals surface area (Å²) < 4.78 is 7.08. The zero-order valence-electron chi connectivity index (χ0n) is 11.6. The molecular formula is C13H14N6OS. The van der Waals surface area contributed by atoms with Crippen molar-refractivity contribution in [2.24, 2.45) is 0 Å². The Labute approximate surface area is 125 Å². The number of thioether (sulfide) groups is 1. The van der Waals surface area contributed by atoms with Gasteiger partial charge in [0.1, 0.15) is 5.82 Å². The van der Waals surface area contributed by atoms with Crippen LogP contribution in [-0.2, 0) is 5.75 Å². The second-order valence-electron chi connectivity index (χ2n) is 4.56. The number of benzene rings is 1.